The lowest BCUT2D eigenvalue weighted by molar-refractivity contribution is 0.0939. The summed E-state index contributed by atoms with van der Waals surface area (Å²) in [5.41, 5.74) is 1.73. The van der Waals surface area contributed by atoms with Gasteiger partial charge in [-0.15, -0.1) is 0 Å². The Morgan fingerprint density at radius 1 is 1.21 bits per heavy atom. The third-order valence-electron chi connectivity index (χ3n) is 5.54. The van der Waals surface area contributed by atoms with Gasteiger partial charge in [-0.05, 0) is 64.7 Å². The summed E-state index contributed by atoms with van der Waals surface area (Å²) in [5.74, 6) is 0.831. The van der Waals surface area contributed by atoms with Crippen LogP contribution in [0.4, 0.5) is 0 Å². The standard InChI is InChI=1S/C23H39N5O/c1-6-18(5)26-22(29)20-10-8-9-19(15-20)16-25-23(24-7-2)27-21-11-13-28(14-12-21)17(3)4/h8-10,15,17-18,21H,6-7,11-14,16H2,1-5H3,(H,26,29)(H2,24,25,27). The molecule has 0 spiro atoms. The highest BCUT2D eigenvalue weighted by Gasteiger charge is 2.21. The fourth-order valence-electron chi connectivity index (χ4n) is 3.46. The van der Waals surface area contributed by atoms with Crippen molar-refractivity contribution in [3.8, 4) is 0 Å². The van der Waals surface area contributed by atoms with E-state index in [0.29, 0.717) is 24.2 Å². The van der Waals surface area contributed by atoms with E-state index in [2.05, 4.69) is 48.5 Å². The van der Waals surface area contributed by atoms with E-state index in [0.717, 1.165) is 50.4 Å². The Bertz CT molecular complexity index is 665. The molecule has 0 aromatic heterocycles. The minimum atomic E-state index is -0.0212. The number of hydrogen-bond donors (Lipinski definition) is 3. The molecule has 1 aromatic carbocycles. The van der Waals surface area contributed by atoms with Crippen LogP contribution < -0.4 is 16.0 Å². The van der Waals surface area contributed by atoms with Gasteiger partial charge in [0.25, 0.3) is 5.91 Å². The fraction of sp³-hybridized carbons (Fsp3) is 0.652. The maximum atomic E-state index is 12.4. The van der Waals surface area contributed by atoms with Crippen LogP contribution in [0.15, 0.2) is 29.3 Å². The zero-order valence-corrected chi connectivity index (χ0v) is 18.8. The highest BCUT2D eigenvalue weighted by atomic mass is 16.1. The Balaban J connectivity index is 1.96. The third kappa shape index (κ3) is 7.69. The number of carbonyl (C=O) groups excluding carboxylic acids is 1. The van der Waals surface area contributed by atoms with E-state index >= 15 is 0 Å². The summed E-state index contributed by atoms with van der Waals surface area (Å²) in [6.45, 7) is 14.3. The lowest BCUT2D eigenvalue weighted by Gasteiger charge is -2.35. The van der Waals surface area contributed by atoms with Crippen molar-refractivity contribution in [2.45, 2.75) is 78.6 Å². The summed E-state index contributed by atoms with van der Waals surface area (Å²) < 4.78 is 0. The first-order valence-corrected chi connectivity index (χ1v) is 11.1. The molecular formula is C23H39N5O. The van der Waals surface area contributed by atoms with Crippen molar-refractivity contribution in [3.05, 3.63) is 35.4 Å². The molecule has 1 aromatic rings. The molecule has 0 bridgehead atoms. The van der Waals surface area contributed by atoms with Gasteiger partial charge in [-0.2, -0.15) is 0 Å². The van der Waals surface area contributed by atoms with Crippen LogP contribution in [0.2, 0.25) is 0 Å². The smallest absolute Gasteiger partial charge is 0.251 e. The van der Waals surface area contributed by atoms with Crippen molar-refractivity contribution >= 4 is 11.9 Å². The molecule has 0 saturated carbocycles. The predicted octanol–water partition coefficient (Wildman–Crippen LogP) is 3.14. The number of aliphatic imine (C=N–C) groups is 1. The largest absolute Gasteiger partial charge is 0.357 e. The van der Waals surface area contributed by atoms with Gasteiger partial charge in [-0.3, -0.25) is 4.79 Å². The molecule has 6 heteroatoms. The molecule has 1 heterocycles. The van der Waals surface area contributed by atoms with Gasteiger partial charge in [0.2, 0.25) is 0 Å². The van der Waals surface area contributed by atoms with Crippen LogP contribution in [0.1, 0.15) is 69.8 Å². The summed E-state index contributed by atoms with van der Waals surface area (Å²) >= 11 is 0. The van der Waals surface area contributed by atoms with Crippen LogP contribution in [-0.2, 0) is 6.54 Å². The molecule has 29 heavy (non-hydrogen) atoms. The molecule has 1 unspecified atom stereocenters. The number of piperidine rings is 1. The Labute approximate surface area is 176 Å². The van der Waals surface area contributed by atoms with Crippen molar-refractivity contribution in [2.24, 2.45) is 4.99 Å². The van der Waals surface area contributed by atoms with Crippen molar-refractivity contribution in [3.63, 3.8) is 0 Å². The monoisotopic (exact) mass is 401 g/mol. The molecule has 1 saturated heterocycles. The highest BCUT2D eigenvalue weighted by Crippen LogP contribution is 2.13. The zero-order valence-electron chi connectivity index (χ0n) is 18.8. The average molecular weight is 402 g/mol. The molecule has 1 aliphatic rings. The van der Waals surface area contributed by atoms with E-state index in [-0.39, 0.29) is 11.9 Å². The number of hydrogen-bond acceptors (Lipinski definition) is 3. The van der Waals surface area contributed by atoms with E-state index < -0.39 is 0 Å². The number of guanidine groups is 1. The SMILES string of the molecule is CCNC(=NCc1cccc(C(=O)NC(C)CC)c1)NC1CCN(C(C)C)CC1. The third-order valence-corrected chi connectivity index (χ3v) is 5.54. The molecule has 6 nitrogen and oxygen atoms in total. The van der Waals surface area contributed by atoms with Crippen LogP contribution in [0.25, 0.3) is 0 Å². The van der Waals surface area contributed by atoms with Gasteiger partial charge >= 0.3 is 0 Å². The van der Waals surface area contributed by atoms with Crippen molar-refractivity contribution in [2.75, 3.05) is 19.6 Å². The Kier molecular flexibility index (Phi) is 9.45. The van der Waals surface area contributed by atoms with E-state index in [1.165, 1.54) is 0 Å². The van der Waals surface area contributed by atoms with Crippen LogP contribution in [-0.4, -0.2) is 54.5 Å². The second-order valence-corrected chi connectivity index (χ2v) is 8.23. The molecule has 1 atom stereocenters. The first-order chi connectivity index (χ1) is 13.9. The lowest BCUT2D eigenvalue weighted by Crippen LogP contribution is -2.49. The summed E-state index contributed by atoms with van der Waals surface area (Å²) in [5, 5.41) is 9.96. The van der Waals surface area contributed by atoms with Gasteiger partial charge in [0.1, 0.15) is 0 Å². The van der Waals surface area contributed by atoms with Gasteiger partial charge in [0, 0.05) is 43.3 Å². The number of carbonyl (C=O) groups is 1. The van der Waals surface area contributed by atoms with Crippen molar-refractivity contribution < 1.29 is 4.79 Å². The number of amides is 1. The molecule has 0 radical (unpaired) electrons. The normalized spacial score (nSPS) is 17.2. The van der Waals surface area contributed by atoms with Crippen LogP contribution in [0.3, 0.4) is 0 Å². The van der Waals surface area contributed by atoms with Gasteiger partial charge in [0.05, 0.1) is 6.54 Å². The van der Waals surface area contributed by atoms with Crippen LogP contribution >= 0.6 is 0 Å². The lowest BCUT2D eigenvalue weighted by atomic mass is 10.0. The van der Waals surface area contributed by atoms with Gasteiger partial charge in [-0.1, -0.05) is 19.1 Å². The molecular weight excluding hydrogens is 362 g/mol. The number of likely N-dealkylation sites (tertiary alicyclic amines) is 1. The number of nitrogens with zero attached hydrogens (tertiary/aromatic N) is 2. The molecule has 162 valence electrons. The van der Waals surface area contributed by atoms with E-state index in [4.69, 9.17) is 4.99 Å². The molecule has 1 amide bonds. The molecule has 3 N–H and O–H groups in total. The first kappa shape index (κ1) is 23.2. The minimum Gasteiger partial charge on any atom is -0.357 e. The Morgan fingerprint density at radius 3 is 2.55 bits per heavy atom. The molecule has 1 fully saturated rings. The maximum absolute atomic E-state index is 12.4. The van der Waals surface area contributed by atoms with Gasteiger partial charge in [-0.25, -0.2) is 4.99 Å². The van der Waals surface area contributed by atoms with E-state index in [1.54, 1.807) is 0 Å². The van der Waals surface area contributed by atoms with Crippen molar-refractivity contribution in [1.29, 1.82) is 0 Å². The number of nitrogens with one attached hydrogen (secondary N) is 3. The second kappa shape index (κ2) is 11.8. The highest BCUT2D eigenvalue weighted by molar-refractivity contribution is 5.94. The average Bonchev–Trinajstić information content (AvgIpc) is 2.72. The fourth-order valence-corrected chi connectivity index (χ4v) is 3.46. The summed E-state index contributed by atoms with van der Waals surface area (Å²) in [7, 11) is 0. The van der Waals surface area contributed by atoms with E-state index in [9.17, 15) is 4.79 Å². The van der Waals surface area contributed by atoms with Gasteiger partial charge < -0.3 is 20.9 Å². The Morgan fingerprint density at radius 2 is 1.93 bits per heavy atom. The van der Waals surface area contributed by atoms with Crippen LogP contribution in [0, 0.1) is 0 Å². The minimum absolute atomic E-state index is 0.0212. The first-order valence-electron chi connectivity index (χ1n) is 11.1. The quantitative estimate of drug-likeness (QED) is 0.462. The molecule has 2 rings (SSSR count). The molecule has 0 aliphatic carbocycles. The predicted molar refractivity (Wildman–Crippen MR) is 121 cm³/mol. The summed E-state index contributed by atoms with van der Waals surface area (Å²) in [6.07, 6.45) is 3.19. The topological polar surface area (TPSA) is 68.8 Å². The zero-order chi connectivity index (χ0) is 21.2. The molecule has 1 aliphatic heterocycles. The van der Waals surface area contributed by atoms with Gasteiger partial charge in [0.15, 0.2) is 5.96 Å². The number of benzene rings is 1. The second-order valence-electron chi connectivity index (χ2n) is 8.23. The maximum Gasteiger partial charge on any atom is 0.251 e. The Hall–Kier alpha value is -2.08. The summed E-state index contributed by atoms with van der Waals surface area (Å²) in [6, 6.07) is 8.99. The van der Waals surface area contributed by atoms with Crippen LogP contribution in [0.5, 0.6) is 0 Å². The number of rotatable bonds is 8. The van der Waals surface area contributed by atoms with Crippen molar-refractivity contribution in [1.82, 2.24) is 20.9 Å². The summed E-state index contributed by atoms with van der Waals surface area (Å²) in [4.78, 5) is 19.7. The van der Waals surface area contributed by atoms with E-state index in [1.807, 2.05) is 31.2 Å².